The van der Waals surface area contributed by atoms with Crippen LogP contribution in [0.25, 0.3) is 10.5 Å². The van der Waals surface area contributed by atoms with E-state index in [2.05, 4.69) is 40.6 Å². The van der Waals surface area contributed by atoms with Crippen molar-refractivity contribution in [1.29, 1.82) is 0 Å². The molecule has 3 atom stereocenters. The number of hydrogen-bond donors (Lipinski definition) is 1. The van der Waals surface area contributed by atoms with Gasteiger partial charge in [-0.2, -0.15) is 0 Å². The van der Waals surface area contributed by atoms with Gasteiger partial charge < -0.3 is 14.5 Å². The maximum Gasteiger partial charge on any atom is 0.226 e. The fourth-order valence-corrected chi connectivity index (χ4v) is 5.29. The highest BCUT2D eigenvalue weighted by atomic mass is 16.2. The van der Waals surface area contributed by atoms with Crippen LogP contribution in [-0.2, 0) is 23.1 Å². The highest BCUT2D eigenvalue weighted by Gasteiger charge is 2.49. The van der Waals surface area contributed by atoms with Crippen LogP contribution in [0.5, 0.6) is 0 Å². The third-order valence-electron chi connectivity index (χ3n) is 6.73. The number of nitrogens with zero attached hydrogens (tertiary/aromatic N) is 3. The largest absolute Gasteiger partial charge is 0.396 e. The van der Waals surface area contributed by atoms with Crippen molar-refractivity contribution in [2.45, 2.75) is 51.9 Å². The molecule has 0 radical (unpaired) electrons. The molecule has 150 valence electrons. The molecule has 2 aliphatic carbocycles. The number of aromatic nitrogens is 2. The van der Waals surface area contributed by atoms with E-state index in [0.717, 1.165) is 42.9 Å². The Balaban J connectivity index is 1.84. The first kappa shape index (κ1) is 19.6. The number of aliphatic hydroxyl groups is 1. The lowest BCUT2D eigenvalue weighted by Crippen LogP contribution is -2.45. The van der Waals surface area contributed by atoms with Gasteiger partial charge >= 0.3 is 0 Å². The van der Waals surface area contributed by atoms with Gasteiger partial charge in [0.05, 0.1) is 12.3 Å². The molecule has 4 rings (SSSR count). The zero-order chi connectivity index (χ0) is 20.8. The summed E-state index contributed by atoms with van der Waals surface area (Å²) in [4.78, 5) is 21.0. The van der Waals surface area contributed by atoms with Gasteiger partial charge in [-0.3, -0.25) is 0 Å². The fraction of sp³-hybridized carbons (Fsp3) is 0.458. The first-order valence-corrected chi connectivity index (χ1v) is 10.3. The molecule has 5 heteroatoms. The summed E-state index contributed by atoms with van der Waals surface area (Å²) in [6, 6.07) is 8.42. The van der Waals surface area contributed by atoms with Crippen LogP contribution in [0.15, 0.2) is 36.0 Å². The third kappa shape index (κ3) is 3.03. The molecule has 2 aliphatic rings. The Bertz CT molecular complexity index is 1040. The normalized spacial score (nSPS) is 25.8. The molecule has 1 aromatic carbocycles. The second-order valence-electron chi connectivity index (χ2n) is 8.51. The number of Topliss-reactive ketones (excluding diaryl/α,β-unsaturated/α-hetero) is 1. The van der Waals surface area contributed by atoms with E-state index in [1.165, 1.54) is 11.3 Å². The zero-order valence-corrected chi connectivity index (χ0v) is 17.3. The summed E-state index contributed by atoms with van der Waals surface area (Å²) >= 11 is 0. The second kappa shape index (κ2) is 7.27. The first-order valence-electron chi connectivity index (χ1n) is 10.3. The van der Waals surface area contributed by atoms with Crippen molar-refractivity contribution < 1.29 is 9.90 Å². The fourth-order valence-electron chi connectivity index (χ4n) is 5.29. The van der Waals surface area contributed by atoms with Crippen LogP contribution >= 0.6 is 0 Å². The Morgan fingerprint density at radius 3 is 2.93 bits per heavy atom. The number of ketones is 1. The molecule has 0 saturated heterocycles. The van der Waals surface area contributed by atoms with Crippen LogP contribution in [0, 0.1) is 25.3 Å². The molecule has 5 nitrogen and oxygen atoms in total. The van der Waals surface area contributed by atoms with Crippen molar-refractivity contribution in [2.24, 2.45) is 11.8 Å². The summed E-state index contributed by atoms with van der Waals surface area (Å²) in [6.45, 7) is 13.8. The molecule has 1 aromatic heterocycles. The summed E-state index contributed by atoms with van der Waals surface area (Å²) < 4.78 is 2.23. The molecule has 1 heterocycles. The number of hydrogen-bond acceptors (Lipinski definition) is 3. The van der Waals surface area contributed by atoms with Crippen molar-refractivity contribution in [3.05, 3.63) is 70.2 Å². The minimum atomic E-state index is -0.398. The molecule has 1 N–H and O–H groups in total. The van der Waals surface area contributed by atoms with E-state index in [4.69, 9.17) is 16.7 Å². The van der Waals surface area contributed by atoms with Crippen LogP contribution in [0.4, 0.5) is 0 Å². The summed E-state index contributed by atoms with van der Waals surface area (Å²) in [5.74, 6) is 0.915. The Morgan fingerprint density at radius 2 is 2.21 bits per heavy atom. The third-order valence-corrected chi connectivity index (χ3v) is 6.73. The van der Waals surface area contributed by atoms with Crippen LogP contribution < -0.4 is 0 Å². The lowest BCUT2D eigenvalue weighted by atomic mass is 9.59. The van der Waals surface area contributed by atoms with Crippen LogP contribution in [0.3, 0.4) is 0 Å². The van der Waals surface area contributed by atoms with E-state index in [-0.39, 0.29) is 29.9 Å². The van der Waals surface area contributed by atoms with E-state index >= 15 is 0 Å². The maximum absolute atomic E-state index is 12.6. The average molecular weight is 389 g/mol. The van der Waals surface area contributed by atoms with E-state index in [1.807, 2.05) is 19.9 Å². The molecule has 0 bridgehead atoms. The molecule has 2 aromatic rings. The van der Waals surface area contributed by atoms with Gasteiger partial charge in [0.25, 0.3) is 0 Å². The smallest absolute Gasteiger partial charge is 0.226 e. The van der Waals surface area contributed by atoms with Crippen LogP contribution in [-0.4, -0.2) is 27.0 Å². The highest BCUT2D eigenvalue weighted by molar-refractivity contribution is 6.00. The highest BCUT2D eigenvalue weighted by Crippen LogP contribution is 2.50. The molecule has 0 aliphatic heterocycles. The quantitative estimate of drug-likeness (QED) is 0.806. The molecular weight excluding hydrogens is 362 g/mol. The topological polar surface area (TPSA) is 59.5 Å². The molecule has 0 unspecified atom stereocenters. The van der Waals surface area contributed by atoms with Crippen molar-refractivity contribution in [3.8, 4) is 5.69 Å². The van der Waals surface area contributed by atoms with Crippen molar-refractivity contribution >= 4 is 5.78 Å². The summed E-state index contributed by atoms with van der Waals surface area (Å²) in [5, 5.41) is 9.14. The number of aliphatic hydroxyl groups excluding tert-OH is 1. The Labute approximate surface area is 171 Å². The van der Waals surface area contributed by atoms with E-state index in [9.17, 15) is 4.79 Å². The number of fused-ring (bicyclic) bond motifs is 3. The number of allylic oxidation sites excluding steroid dienone is 2. The molecular formula is C24H27N3O2. The molecule has 0 spiro atoms. The van der Waals surface area contributed by atoms with Crippen molar-refractivity contribution in [2.75, 3.05) is 6.61 Å². The number of aryl methyl sites for hydroxylation is 2. The molecule has 0 amide bonds. The average Bonchev–Trinajstić information content (AvgIpc) is 3.06. The predicted octanol–water partition coefficient (Wildman–Crippen LogP) is 3.95. The summed E-state index contributed by atoms with van der Waals surface area (Å²) in [5.41, 5.74) is 4.33. The van der Waals surface area contributed by atoms with E-state index < -0.39 is 5.41 Å². The van der Waals surface area contributed by atoms with Gasteiger partial charge in [-0.25, -0.2) is 9.83 Å². The minimum absolute atomic E-state index is 0.0290. The van der Waals surface area contributed by atoms with Crippen LogP contribution in [0.1, 0.15) is 49.5 Å². The van der Waals surface area contributed by atoms with Gasteiger partial charge in [0, 0.05) is 29.3 Å². The number of carbonyl (C=O) groups is 1. The Morgan fingerprint density at radius 1 is 1.41 bits per heavy atom. The number of rotatable bonds is 4. The lowest BCUT2D eigenvalue weighted by Gasteiger charge is -2.44. The maximum atomic E-state index is 12.6. The number of imidazole rings is 1. The van der Waals surface area contributed by atoms with E-state index in [0.29, 0.717) is 0 Å². The van der Waals surface area contributed by atoms with Gasteiger partial charge in [-0.05, 0) is 56.2 Å². The van der Waals surface area contributed by atoms with Crippen molar-refractivity contribution in [3.63, 3.8) is 0 Å². The second-order valence-corrected chi connectivity index (χ2v) is 8.51. The molecule has 0 fully saturated rings. The van der Waals surface area contributed by atoms with Gasteiger partial charge in [0.1, 0.15) is 5.82 Å². The van der Waals surface area contributed by atoms with Gasteiger partial charge in [0.2, 0.25) is 5.70 Å². The molecule has 0 saturated carbocycles. The Kier molecular flexibility index (Phi) is 4.92. The minimum Gasteiger partial charge on any atom is -0.396 e. The predicted molar refractivity (Wildman–Crippen MR) is 112 cm³/mol. The SMILES string of the molecule is [C-]#[N+]C1=C[C@]2(C)c3nc(C)n(-c4cccc(CCCO)c4)c3CC[C@H]2[C@H](C)C1=O. The van der Waals surface area contributed by atoms with Crippen molar-refractivity contribution in [1.82, 2.24) is 9.55 Å². The van der Waals surface area contributed by atoms with Gasteiger partial charge in [0.15, 0.2) is 5.78 Å². The zero-order valence-electron chi connectivity index (χ0n) is 17.3. The lowest BCUT2D eigenvalue weighted by molar-refractivity contribution is -0.121. The summed E-state index contributed by atoms with van der Waals surface area (Å²) in [7, 11) is 0. The monoisotopic (exact) mass is 389 g/mol. The standard InChI is InChI=1S/C24H27N3O2/c1-15-19-10-11-21-23(24(19,3)14-20(25-4)22(15)29)26-16(2)27(21)18-9-5-7-17(13-18)8-6-12-28/h5,7,9,13-15,19,28H,6,8,10-12H2,1-3H3/t15-,19-,24-/m0/s1. The van der Waals surface area contributed by atoms with Crippen LogP contribution in [0.2, 0.25) is 0 Å². The van der Waals surface area contributed by atoms with Gasteiger partial charge in [-0.15, -0.1) is 0 Å². The van der Waals surface area contributed by atoms with Gasteiger partial charge in [-0.1, -0.05) is 32.1 Å². The number of benzene rings is 1. The first-order chi connectivity index (χ1) is 13.9. The van der Waals surface area contributed by atoms with E-state index in [1.54, 1.807) is 0 Å². The number of carbonyl (C=O) groups excluding carboxylic acids is 1. The Hall–Kier alpha value is -2.71. The molecule has 29 heavy (non-hydrogen) atoms. The summed E-state index contributed by atoms with van der Waals surface area (Å²) in [6.07, 6.45) is 5.25.